The molecule has 1 aliphatic rings. The van der Waals surface area contributed by atoms with Crippen LogP contribution in [0.5, 0.6) is 0 Å². The summed E-state index contributed by atoms with van der Waals surface area (Å²) < 4.78 is 0. The molecular formula is C11H20ClNO. The van der Waals surface area contributed by atoms with Crippen molar-refractivity contribution in [2.75, 3.05) is 5.88 Å². The van der Waals surface area contributed by atoms with Gasteiger partial charge in [-0.2, -0.15) is 0 Å². The maximum Gasteiger partial charge on any atom is 0.220 e. The Morgan fingerprint density at radius 3 is 2.71 bits per heavy atom. The van der Waals surface area contributed by atoms with Crippen LogP contribution in [0, 0.1) is 5.92 Å². The number of nitrogens with one attached hydrogen (secondary N) is 1. The van der Waals surface area contributed by atoms with Crippen LogP contribution < -0.4 is 5.32 Å². The van der Waals surface area contributed by atoms with Gasteiger partial charge in [-0.1, -0.05) is 13.3 Å². The Hall–Kier alpha value is -0.240. The molecule has 14 heavy (non-hydrogen) atoms. The van der Waals surface area contributed by atoms with Crippen molar-refractivity contribution in [2.24, 2.45) is 5.92 Å². The van der Waals surface area contributed by atoms with Crippen LogP contribution in [0.4, 0.5) is 0 Å². The average molecular weight is 218 g/mol. The number of halogens is 1. The van der Waals surface area contributed by atoms with Crippen molar-refractivity contribution in [2.45, 2.75) is 51.5 Å². The number of hydrogen-bond donors (Lipinski definition) is 1. The van der Waals surface area contributed by atoms with Crippen molar-refractivity contribution in [3.05, 3.63) is 0 Å². The molecule has 0 saturated heterocycles. The molecule has 1 amide bonds. The second-order valence-electron chi connectivity index (χ2n) is 4.15. The van der Waals surface area contributed by atoms with Crippen molar-refractivity contribution in [1.29, 1.82) is 0 Å². The van der Waals surface area contributed by atoms with Crippen molar-refractivity contribution >= 4 is 17.5 Å². The molecule has 1 aliphatic carbocycles. The van der Waals surface area contributed by atoms with E-state index in [1.165, 1.54) is 19.3 Å². The molecule has 0 bridgehead atoms. The number of carbonyl (C=O) groups is 1. The zero-order valence-electron chi connectivity index (χ0n) is 8.89. The first kappa shape index (κ1) is 11.8. The van der Waals surface area contributed by atoms with Crippen molar-refractivity contribution in [3.8, 4) is 0 Å². The molecule has 0 aliphatic heterocycles. The van der Waals surface area contributed by atoms with Gasteiger partial charge in [0.2, 0.25) is 5.91 Å². The van der Waals surface area contributed by atoms with Gasteiger partial charge in [0.05, 0.1) is 0 Å². The zero-order valence-corrected chi connectivity index (χ0v) is 9.65. The lowest BCUT2D eigenvalue weighted by molar-refractivity contribution is -0.123. The van der Waals surface area contributed by atoms with Crippen LogP contribution in [-0.4, -0.2) is 17.8 Å². The van der Waals surface area contributed by atoms with Crippen LogP contribution in [0.15, 0.2) is 0 Å². The third kappa shape index (κ3) is 3.87. The van der Waals surface area contributed by atoms with Gasteiger partial charge < -0.3 is 5.32 Å². The lowest BCUT2D eigenvalue weighted by atomic mass is 9.83. The van der Waals surface area contributed by atoms with E-state index in [0.717, 1.165) is 19.3 Å². The van der Waals surface area contributed by atoms with Crippen molar-refractivity contribution in [1.82, 2.24) is 5.32 Å². The molecule has 1 atom stereocenters. The van der Waals surface area contributed by atoms with E-state index in [1.807, 2.05) is 0 Å². The van der Waals surface area contributed by atoms with Gasteiger partial charge in [-0.3, -0.25) is 4.79 Å². The van der Waals surface area contributed by atoms with Crippen LogP contribution in [0.2, 0.25) is 0 Å². The van der Waals surface area contributed by atoms with Crippen LogP contribution in [0.1, 0.15) is 45.4 Å². The molecule has 0 heterocycles. The Balaban J connectivity index is 2.15. The molecule has 1 saturated carbocycles. The Bertz CT molecular complexity index is 180. The minimum atomic E-state index is 0.215. The summed E-state index contributed by atoms with van der Waals surface area (Å²) in [7, 11) is 0. The molecule has 2 nitrogen and oxygen atoms in total. The standard InChI is InChI=1S/C11H20ClNO/c1-2-10(6-7-12)13-11(14)8-9-4-3-5-9/h9-10H,2-8H2,1H3,(H,13,14). The first-order valence-electron chi connectivity index (χ1n) is 5.61. The molecule has 0 radical (unpaired) electrons. The van der Waals surface area contributed by atoms with Crippen molar-refractivity contribution < 1.29 is 4.79 Å². The molecule has 1 fully saturated rings. The summed E-state index contributed by atoms with van der Waals surface area (Å²) in [6.07, 6.45) is 6.35. The normalized spacial score (nSPS) is 18.7. The summed E-state index contributed by atoms with van der Waals surface area (Å²) in [5.74, 6) is 1.50. The Labute approximate surface area is 91.4 Å². The molecule has 0 aromatic rings. The highest BCUT2D eigenvalue weighted by molar-refractivity contribution is 6.17. The lowest BCUT2D eigenvalue weighted by Crippen LogP contribution is -2.36. The Morgan fingerprint density at radius 2 is 2.29 bits per heavy atom. The lowest BCUT2D eigenvalue weighted by Gasteiger charge is -2.25. The van der Waals surface area contributed by atoms with Gasteiger partial charge in [0.15, 0.2) is 0 Å². The zero-order chi connectivity index (χ0) is 10.4. The monoisotopic (exact) mass is 217 g/mol. The fraction of sp³-hybridized carbons (Fsp3) is 0.909. The molecule has 82 valence electrons. The third-order valence-electron chi connectivity index (χ3n) is 3.01. The Kier molecular flexibility index (Phi) is 5.31. The Morgan fingerprint density at radius 1 is 1.57 bits per heavy atom. The van der Waals surface area contributed by atoms with Gasteiger partial charge in [-0.15, -0.1) is 11.6 Å². The third-order valence-corrected chi connectivity index (χ3v) is 3.23. The SMILES string of the molecule is CCC(CCCl)NC(=O)CC1CCC1. The largest absolute Gasteiger partial charge is 0.353 e. The molecular weight excluding hydrogens is 198 g/mol. The summed E-state index contributed by atoms with van der Waals surface area (Å²) in [4.78, 5) is 11.5. The average Bonchev–Trinajstić information content (AvgIpc) is 2.11. The summed E-state index contributed by atoms with van der Waals surface area (Å²) in [6, 6.07) is 0.278. The molecule has 1 N–H and O–H groups in total. The first-order chi connectivity index (χ1) is 6.76. The highest BCUT2D eigenvalue weighted by atomic mass is 35.5. The van der Waals surface area contributed by atoms with Crippen molar-refractivity contribution in [3.63, 3.8) is 0 Å². The summed E-state index contributed by atoms with van der Waals surface area (Å²) in [5, 5.41) is 3.04. The van der Waals surface area contributed by atoms with E-state index < -0.39 is 0 Å². The van der Waals surface area contributed by atoms with E-state index in [1.54, 1.807) is 0 Å². The number of hydrogen-bond acceptors (Lipinski definition) is 1. The van der Waals surface area contributed by atoms with E-state index in [4.69, 9.17) is 11.6 Å². The highest BCUT2D eigenvalue weighted by Crippen LogP contribution is 2.29. The van der Waals surface area contributed by atoms with Gasteiger partial charge in [-0.25, -0.2) is 0 Å². The maximum atomic E-state index is 11.5. The van der Waals surface area contributed by atoms with Gasteiger partial charge in [0.25, 0.3) is 0 Å². The minimum absolute atomic E-state index is 0.215. The molecule has 0 aromatic carbocycles. The van der Waals surface area contributed by atoms with Crippen LogP contribution in [0.3, 0.4) is 0 Å². The summed E-state index contributed by atoms with van der Waals surface area (Å²) in [5.41, 5.74) is 0. The molecule has 1 rings (SSSR count). The quantitative estimate of drug-likeness (QED) is 0.681. The van der Waals surface area contributed by atoms with Crippen LogP contribution in [-0.2, 0) is 4.79 Å². The van der Waals surface area contributed by atoms with E-state index in [0.29, 0.717) is 11.8 Å². The summed E-state index contributed by atoms with van der Waals surface area (Å²) >= 11 is 5.65. The van der Waals surface area contributed by atoms with Gasteiger partial charge in [0.1, 0.15) is 0 Å². The fourth-order valence-electron chi connectivity index (χ4n) is 1.76. The molecule has 0 aromatic heterocycles. The van der Waals surface area contributed by atoms with E-state index in [2.05, 4.69) is 12.2 Å². The van der Waals surface area contributed by atoms with Gasteiger partial charge in [0, 0.05) is 18.3 Å². The maximum absolute atomic E-state index is 11.5. The number of carbonyl (C=O) groups excluding carboxylic acids is 1. The smallest absolute Gasteiger partial charge is 0.220 e. The predicted molar refractivity (Wildman–Crippen MR) is 59.5 cm³/mol. The van der Waals surface area contributed by atoms with E-state index in [9.17, 15) is 4.79 Å². The van der Waals surface area contributed by atoms with Crippen LogP contribution >= 0.6 is 11.6 Å². The highest BCUT2D eigenvalue weighted by Gasteiger charge is 2.21. The first-order valence-corrected chi connectivity index (χ1v) is 6.15. The van der Waals surface area contributed by atoms with Gasteiger partial charge >= 0.3 is 0 Å². The number of alkyl halides is 1. The molecule has 1 unspecified atom stereocenters. The topological polar surface area (TPSA) is 29.1 Å². The van der Waals surface area contributed by atoms with Gasteiger partial charge in [-0.05, 0) is 31.6 Å². The molecule has 0 spiro atoms. The second-order valence-corrected chi connectivity index (χ2v) is 4.53. The number of rotatable bonds is 6. The van der Waals surface area contributed by atoms with E-state index >= 15 is 0 Å². The van der Waals surface area contributed by atoms with E-state index in [-0.39, 0.29) is 11.9 Å². The fourth-order valence-corrected chi connectivity index (χ4v) is 2.02. The minimum Gasteiger partial charge on any atom is -0.353 e. The second kappa shape index (κ2) is 6.28. The van der Waals surface area contributed by atoms with Crippen LogP contribution in [0.25, 0.3) is 0 Å². The summed E-state index contributed by atoms with van der Waals surface area (Å²) in [6.45, 7) is 2.08. The number of amides is 1. The molecule has 3 heteroatoms. The predicted octanol–water partition coefficient (Wildman–Crippen LogP) is 2.70.